The lowest BCUT2D eigenvalue weighted by Gasteiger charge is -2.20. The molecule has 0 atom stereocenters. The van der Waals surface area contributed by atoms with Gasteiger partial charge in [-0.25, -0.2) is 0 Å². The highest BCUT2D eigenvalue weighted by Crippen LogP contribution is 2.21. The molecule has 0 saturated carbocycles. The highest BCUT2D eigenvalue weighted by molar-refractivity contribution is 7.98. The van der Waals surface area contributed by atoms with Crippen molar-refractivity contribution in [1.29, 1.82) is 0 Å². The Morgan fingerprint density at radius 1 is 1.17 bits per heavy atom. The summed E-state index contributed by atoms with van der Waals surface area (Å²) in [7, 11) is 0. The predicted molar refractivity (Wildman–Crippen MR) is 91.2 cm³/mol. The summed E-state index contributed by atoms with van der Waals surface area (Å²) >= 11 is 1.79. The van der Waals surface area contributed by atoms with Crippen LogP contribution >= 0.6 is 11.8 Å². The van der Waals surface area contributed by atoms with Crippen molar-refractivity contribution in [1.82, 2.24) is 0 Å². The zero-order valence-corrected chi connectivity index (χ0v) is 14.9. The normalized spacial score (nSPS) is 11.3. The van der Waals surface area contributed by atoms with E-state index in [-0.39, 0.29) is 11.5 Å². The maximum atomic E-state index is 11.8. The molecule has 1 aromatic rings. The molecule has 0 spiro atoms. The minimum absolute atomic E-state index is 0.124. The molecule has 0 fully saturated rings. The number of ether oxygens (including phenoxy) is 1. The number of rotatable bonds is 10. The Morgan fingerprint density at radius 2 is 1.83 bits per heavy atom. The molecule has 5 heteroatoms. The van der Waals surface area contributed by atoms with Gasteiger partial charge in [0.1, 0.15) is 0 Å². The van der Waals surface area contributed by atoms with Crippen molar-refractivity contribution in [2.75, 3.05) is 12.4 Å². The van der Waals surface area contributed by atoms with Gasteiger partial charge < -0.3 is 14.6 Å². The maximum absolute atomic E-state index is 11.8. The molecule has 0 amide bonds. The fourth-order valence-electron chi connectivity index (χ4n) is 1.74. The molecular formula is C18H25O4S-. The van der Waals surface area contributed by atoms with E-state index in [4.69, 9.17) is 4.74 Å². The summed E-state index contributed by atoms with van der Waals surface area (Å²) < 4.78 is 5.29. The van der Waals surface area contributed by atoms with Crippen LogP contribution < -0.4 is 5.11 Å². The van der Waals surface area contributed by atoms with E-state index >= 15 is 0 Å². The van der Waals surface area contributed by atoms with E-state index in [0.29, 0.717) is 6.61 Å². The Morgan fingerprint density at radius 3 is 2.39 bits per heavy atom. The molecule has 128 valence electrons. The van der Waals surface area contributed by atoms with E-state index in [9.17, 15) is 14.7 Å². The van der Waals surface area contributed by atoms with Crippen LogP contribution in [0.25, 0.3) is 0 Å². The molecule has 0 aliphatic rings. The minimum Gasteiger partial charge on any atom is -0.545 e. The Hall–Kier alpha value is -1.49. The number of hydrogen-bond donors (Lipinski definition) is 0. The van der Waals surface area contributed by atoms with Crippen LogP contribution in [0.1, 0.15) is 56.0 Å². The molecule has 0 aromatic heterocycles. The summed E-state index contributed by atoms with van der Waals surface area (Å²) in [5.41, 5.74) is 0.901. The summed E-state index contributed by atoms with van der Waals surface area (Å²) in [6.07, 6.45) is 2.63. The van der Waals surface area contributed by atoms with Gasteiger partial charge in [0.25, 0.3) is 0 Å². The van der Waals surface area contributed by atoms with Gasteiger partial charge in [-0.15, -0.1) is 0 Å². The first-order valence-corrected chi connectivity index (χ1v) is 9.07. The number of thioether (sulfide) groups is 1. The van der Waals surface area contributed by atoms with Gasteiger partial charge >= 0.3 is 5.97 Å². The van der Waals surface area contributed by atoms with Crippen molar-refractivity contribution in [3.8, 4) is 0 Å². The molecule has 0 aliphatic carbocycles. The number of unbranched alkanes of at least 4 members (excludes halogenated alkanes) is 1. The molecule has 0 aliphatic heterocycles. The van der Waals surface area contributed by atoms with E-state index in [1.807, 2.05) is 32.9 Å². The van der Waals surface area contributed by atoms with Crippen LogP contribution in [0, 0.1) is 5.41 Å². The van der Waals surface area contributed by atoms with Crippen LogP contribution in [0.3, 0.4) is 0 Å². The molecule has 0 N–H and O–H groups in total. The van der Waals surface area contributed by atoms with Crippen LogP contribution in [-0.2, 0) is 15.3 Å². The standard InChI is InChI=1S/C18H26O4S/c1-4-18(2,3)17(21)22-11-5-6-12-23-13-14-7-9-15(10-8-14)16(19)20/h7-10H,4-6,11-13H2,1-3H3,(H,19,20)/p-1. The molecule has 0 saturated heterocycles. The third kappa shape index (κ3) is 7.08. The first-order chi connectivity index (χ1) is 10.9. The van der Waals surface area contributed by atoms with Crippen molar-refractivity contribution in [3.05, 3.63) is 35.4 Å². The topological polar surface area (TPSA) is 66.4 Å². The van der Waals surface area contributed by atoms with Gasteiger partial charge in [0.2, 0.25) is 0 Å². The quantitative estimate of drug-likeness (QED) is 0.485. The van der Waals surface area contributed by atoms with Gasteiger partial charge in [-0.1, -0.05) is 31.2 Å². The van der Waals surface area contributed by atoms with Crippen LogP contribution in [-0.4, -0.2) is 24.3 Å². The van der Waals surface area contributed by atoms with Crippen LogP contribution in [0.4, 0.5) is 0 Å². The molecule has 0 radical (unpaired) electrons. The number of carboxylic acids is 1. The van der Waals surface area contributed by atoms with Crippen molar-refractivity contribution in [2.45, 2.75) is 45.8 Å². The molecule has 0 heterocycles. The smallest absolute Gasteiger partial charge is 0.311 e. The fourth-order valence-corrected chi connectivity index (χ4v) is 2.72. The Labute approximate surface area is 142 Å². The average molecular weight is 337 g/mol. The van der Waals surface area contributed by atoms with Gasteiger partial charge in [0.15, 0.2) is 0 Å². The first-order valence-electron chi connectivity index (χ1n) is 7.92. The Bertz CT molecular complexity index is 508. The largest absolute Gasteiger partial charge is 0.545 e. The SMILES string of the molecule is CCC(C)(C)C(=O)OCCCCSCc1ccc(C(=O)[O-])cc1. The van der Waals surface area contributed by atoms with E-state index in [1.54, 1.807) is 23.9 Å². The first kappa shape index (κ1) is 19.6. The maximum Gasteiger partial charge on any atom is 0.311 e. The molecule has 1 aromatic carbocycles. The Balaban J connectivity index is 2.12. The van der Waals surface area contributed by atoms with Crippen molar-refractivity contribution >= 4 is 23.7 Å². The predicted octanol–water partition coefficient (Wildman–Crippen LogP) is 3.04. The van der Waals surface area contributed by atoms with Crippen molar-refractivity contribution in [3.63, 3.8) is 0 Å². The zero-order valence-electron chi connectivity index (χ0n) is 14.1. The van der Waals surface area contributed by atoms with Crippen molar-refractivity contribution < 1.29 is 19.4 Å². The number of aromatic carboxylic acids is 1. The second kappa shape index (κ2) is 9.60. The van der Waals surface area contributed by atoms with Gasteiger partial charge in [0.05, 0.1) is 18.0 Å². The lowest BCUT2D eigenvalue weighted by molar-refractivity contribution is -0.255. The second-order valence-electron chi connectivity index (χ2n) is 6.12. The van der Waals surface area contributed by atoms with Gasteiger partial charge in [-0.3, -0.25) is 4.79 Å². The molecule has 0 bridgehead atoms. The van der Waals surface area contributed by atoms with E-state index < -0.39 is 11.4 Å². The van der Waals surface area contributed by atoms with Gasteiger partial charge in [0, 0.05) is 5.75 Å². The van der Waals surface area contributed by atoms with Gasteiger partial charge in [-0.05, 0) is 50.0 Å². The highest BCUT2D eigenvalue weighted by atomic mass is 32.2. The summed E-state index contributed by atoms with van der Waals surface area (Å²) in [5, 5.41) is 10.6. The Kier molecular flexibility index (Phi) is 8.17. The highest BCUT2D eigenvalue weighted by Gasteiger charge is 2.26. The van der Waals surface area contributed by atoms with E-state index in [0.717, 1.165) is 36.3 Å². The number of benzene rings is 1. The van der Waals surface area contributed by atoms with E-state index in [1.165, 1.54) is 0 Å². The third-order valence-corrected chi connectivity index (χ3v) is 4.93. The fraction of sp³-hybridized carbons (Fsp3) is 0.556. The minimum atomic E-state index is -1.15. The summed E-state index contributed by atoms with van der Waals surface area (Å²) in [6, 6.07) is 6.76. The third-order valence-electron chi connectivity index (χ3n) is 3.81. The molecule has 23 heavy (non-hydrogen) atoms. The lowest BCUT2D eigenvalue weighted by atomic mass is 9.91. The van der Waals surface area contributed by atoms with E-state index in [2.05, 4.69) is 0 Å². The summed E-state index contributed by atoms with van der Waals surface area (Å²) in [4.78, 5) is 22.4. The number of hydrogen-bond acceptors (Lipinski definition) is 5. The molecule has 0 unspecified atom stereocenters. The molecule has 1 rings (SSSR count). The summed E-state index contributed by atoms with van der Waals surface area (Å²) in [5.74, 6) is 0.554. The number of carbonyl (C=O) groups excluding carboxylic acids is 2. The monoisotopic (exact) mass is 337 g/mol. The van der Waals surface area contributed by atoms with Crippen LogP contribution in [0.15, 0.2) is 24.3 Å². The number of carbonyl (C=O) groups is 2. The number of carboxylic acid groups (broad SMARTS) is 1. The lowest BCUT2D eigenvalue weighted by Crippen LogP contribution is -2.26. The van der Waals surface area contributed by atoms with Crippen LogP contribution in [0.2, 0.25) is 0 Å². The average Bonchev–Trinajstić information content (AvgIpc) is 2.54. The molecule has 4 nitrogen and oxygen atoms in total. The summed E-state index contributed by atoms with van der Waals surface area (Å²) in [6.45, 7) is 6.26. The zero-order chi connectivity index (χ0) is 17.3. The molecular weight excluding hydrogens is 312 g/mol. The van der Waals surface area contributed by atoms with Gasteiger partial charge in [-0.2, -0.15) is 11.8 Å². The second-order valence-corrected chi connectivity index (χ2v) is 7.22. The van der Waals surface area contributed by atoms with Crippen LogP contribution in [0.5, 0.6) is 0 Å². The number of esters is 1. The van der Waals surface area contributed by atoms with Crippen molar-refractivity contribution in [2.24, 2.45) is 5.41 Å².